The molecule has 0 radical (unpaired) electrons. The van der Waals surface area contributed by atoms with Gasteiger partial charge in [-0.1, -0.05) is 15.9 Å². The smallest absolute Gasteiger partial charge is 0.410 e. The highest BCUT2D eigenvalue weighted by atomic mass is 79.9. The summed E-state index contributed by atoms with van der Waals surface area (Å²) in [6.45, 7) is 7.54. The van der Waals surface area contributed by atoms with E-state index < -0.39 is 5.60 Å². The van der Waals surface area contributed by atoms with Gasteiger partial charge in [0.05, 0.1) is 4.92 Å². The van der Waals surface area contributed by atoms with Crippen LogP contribution in [0.1, 0.15) is 33.6 Å². The van der Waals surface area contributed by atoms with Gasteiger partial charge in [0.15, 0.2) is 0 Å². The molecule has 0 saturated carbocycles. The number of carbonyl (C=O) groups is 1. The molecule has 1 saturated heterocycles. The van der Waals surface area contributed by atoms with Crippen LogP contribution in [0, 0.1) is 16.0 Å². The van der Waals surface area contributed by atoms with E-state index >= 15 is 0 Å². The molecule has 0 bridgehead atoms. The van der Waals surface area contributed by atoms with Gasteiger partial charge in [-0.05, 0) is 51.7 Å². The second-order valence-electron chi connectivity index (χ2n) is 7.71. The number of amides is 1. The quantitative estimate of drug-likeness (QED) is 0.524. The van der Waals surface area contributed by atoms with Gasteiger partial charge >= 0.3 is 6.09 Å². The predicted molar refractivity (Wildman–Crippen MR) is 105 cm³/mol. The summed E-state index contributed by atoms with van der Waals surface area (Å²) in [5.41, 5.74) is 0.200. The number of benzene rings is 1. The van der Waals surface area contributed by atoms with Crippen LogP contribution < -0.4 is 4.90 Å². The van der Waals surface area contributed by atoms with Gasteiger partial charge in [-0.3, -0.25) is 10.1 Å². The van der Waals surface area contributed by atoms with Crippen molar-refractivity contribution in [2.24, 2.45) is 5.92 Å². The fraction of sp³-hybridized carbons (Fsp3) is 0.611. The molecule has 0 spiro atoms. The number of halogens is 1. The molecule has 1 unspecified atom stereocenters. The SMILES string of the molecule is CN(CC1CCCN(c2ccc(Br)cc2[N+](=O)[O-])C1)C(=O)OC(C)(C)C. The Labute approximate surface area is 162 Å². The number of nitrogens with zero attached hydrogens (tertiary/aromatic N) is 3. The Morgan fingerprint density at radius 1 is 1.46 bits per heavy atom. The number of nitro benzene ring substituents is 1. The van der Waals surface area contributed by atoms with Crippen LogP contribution in [0.5, 0.6) is 0 Å². The zero-order valence-corrected chi connectivity index (χ0v) is 17.3. The van der Waals surface area contributed by atoms with Crippen LogP contribution in [0.15, 0.2) is 22.7 Å². The molecule has 1 aliphatic heterocycles. The number of hydrogen-bond donors (Lipinski definition) is 0. The number of anilines is 1. The van der Waals surface area contributed by atoms with Gasteiger partial charge in [0.1, 0.15) is 11.3 Å². The van der Waals surface area contributed by atoms with Crippen molar-refractivity contribution in [3.8, 4) is 0 Å². The van der Waals surface area contributed by atoms with Crippen LogP contribution in [0.4, 0.5) is 16.2 Å². The summed E-state index contributed by atoms with van der Waals surface area (Å²) < 4.78 is 6.08. The van der Waals surface area contributed by atoms with Crippen molar-refractivity contribution < 1.29 is 14.5 Å². The maximum Gasteiger partial charge on any atom is 0.410 e. The zero-order valence-electron chi connectivity index (χ0n) is 15.7. The first-order chi connectivity index (χ1) is 12.1. The molecule has 26 heavy (non-hydrogen) atoms. The van der Waals surface area contributed by atoms with Crippen LogP contribution in [-0.2, 0) is 4.74 Å². The van der Waals surface area contributed by atoms with Gasteiger partial charge in [0.25, 0.3) is 5.69 Å². The number of hydrogen-bond acceptors (Lipinski definition) is 5. The van der Waals surface area contributed by atoms with E-state index in [1.807, 2.05) is 31.7 Å². The van der Waals surface area contributed by atoms with E-state index in [0.29, 0.717) is 23.2 Å². The molecule has 0 aliphatic carbocycles. The highest BCUT2D eigenvalue weighted by Crippen LogP contribution is 2.34. The van der Waals surface area contributed by atoms with E-state index in [2.05, 4.69) is 15.9 Å². The summed E-state index contributed by atoms with van der Waals surface area (Å²) in [6.07, 6.45) is 1.57. The lowest BCUT2D eigenvalue weighted by molar-refractivity contribution is -0.384. The second-order valence-corrected chi connectivity index (χ2v) is 8.62. The van der Waals surface area contributed by atoms with Gasteiger partial charge in [-0.15, -0.1) is 0 Å². The average molecular weight is 428 g/mol. The van der Waals surface area contributed by atoms with Crippen molar-refractivity contribution in [3.05, 3.63) is 32.8 Å². The molecule has 0 aromatic heterocycles. The normalized spacial score (nSPS) is 17.7. The number of piperidine rings is 1. The summed E-state index contributed by atoms with van der Waals surface area (Å²) in [6, 6.07) is 5.13. The van der Waals surface area contributed by atoms with Crippen LogP contribution in [-0.4, -0.2) is 48.2 Å². The van der Waals surface area contributed by atoms with E-state index in [0.717, 1.165) is 19.4 Å². The first-order valence-electron chi connectivity index (χ1n) is 8.70. The average Bonchev–Trinajstić information content (AvgIpc) is 2.53. The minimum absolute atomic E-state index is 0.0977. The molecule has 144 valence electrons. The highest BCUT2D eigenvalue weighted by molar-refractivity contribution is 9.10. The van der Waals surface area contributed by atoms with Gasteiger partial charge in [-0.25, -0.2) is 4.79 Å². The molecule has 1 amide bonds. The number of nitro groups is 1. The van der Waals surface area contributed by atoms with Gasteiger partial charge in [-0.2, -0.15) is 0 Å². The molecule has 1 aliphatic rings. The number of rotatable bonds is 4. The Bertz CT molecular complexity index is 675. The third-order valence-corrected chi connectivity index (χ3v) is 4.72. The van der Waals surface area contributed by atoms with Crippen LogP contribution in [0.3, 0.4) is 0 Å². The second kappa shape index (κ2) is 8.24. The van der Waals surface area contributed by atoms with Crippen molar-refractivity contribution in [2.45, 2.75) is 39.2 Å². The third kappa shape index (κ3) is 5.59. The van der Waals surface area contributed by atoms with Crippen molar-refractivity contribution >= 4 is 33.4 Å². The summed E-state index contributed by atoms with van der Waals surface area (Å²) >= 11 is 3.29. The monoisotopic (exact) mass is 427 g/mol. The zero-order chi connectivity index (χ0) is 19.5. The van der Waals surface area contributed by atoms with Crippen molar-refractivity contribution in [1.82, 2.24) is 4.90 Å². The molecule has 0 N–H and O–H groups in total. The lowest BCUT2D eigenvalue weighted by Crippen LogP contribution is -2.43. The summed E-state index contributed by atoms with van der Waals surface area (Å²) in [5, 5.41) is 11.4. The molecule has 8 heteroatoms. The lowest BCUT2D eigenvalue weighted by Gasteiger charge is -2.36. The summed E-state index contributed by atoms with van der Waals surface area (Å²) in [4.78, 5) is 26.8. The van der Waals surface area contributed by atoms with Crippen LogP contribution in [0.25, 0.3) is 0 Å². The molecule has 1 fully saturated rings. The molecular weight excluding hydrogens is 402 g/mol. The van der Waals surface area contributed by atoms with E-state index in [1.165, 1.54) is 6.07 Å². The summed E-state index contributed by atoms with van der Waals surface area (Å²) in [5.74, 6) is 0.240. The fourth-order valence-electron chi connectivity index (χ4n) is 3.14. The van der Waals surface area contributed by atoms with E-state index in [-0.39, 0.29) is 22.6 Å². The summed E-state index contributed by atoms with van der Waals surface area (Å²) in [7, 11) is 1.73. The number of ether oxygens (including phenoxy) is 1. The first kappa shape index (κ1) is 20.5. The standard InChI is InChI=1S/C18H26BrN3O4/c1-18(2,3)26-17(23)20(4)11-13-6-5-9-21(12-13)15-8-7-14(19)10-16(15)22(24)25/h7-8,10,13H,5-6,9,11-12H2,1-4H3. The Morgan fingerprint density at radius 3 is 2.77 bits per heavy atom. The maximum absolute atomic E-state index is 12.2. The largest absolute Gasteiger partial charge is 0.444 e. The molecule has 7 nitrogen and oxygen atoms in total. The first-order valence-corrected chi connectivity index (χ1v) is 9.49. The van der Waals surface area contributed by atoms with E-state index in [1.54, 1.807) is 18.0 Å². The Morgan fingerprint density at radius 2 is 2.15 bits per heavy atom. The van der Waals surface area contributed by atoms with Gasteiger partial charge in [0, 0.05) is 37.2 Å². The van der Waals surface area contributed by atoms with Crippen molar-refractivity contribution in [3.63, 3.8) is 0 Å². The molecule has 1 atom stereocenters. The Balaban J connectivity index is 2.06. The molecule has 1 aromatic rings. The van der Waals surface area contributed by atoms with Crippen molar-refractivity contribution in [1.29, 1.82) is 0 Å². The third-order valence-electron chi connectivity index (χ3n) is 4.23. The Hall–Kier alpha value is -1.83. The van der Waals surface area contributed by atoms with Crippen LogP contribution >= 0.6 is 15.9 Å². The minimum atomic E-state index is -0.526. The van der Waals surface area contributed by atoms with E-state index in [4.69, 9.17) is 4.74 Å². The minimum Gasteiger partial charge on any atom is -0.444 e. The van der Waals surface area contributed by atoms with Gasteiger partial charge in [0.2, 0.25) is 0 Å². The topological polar surface area (TPSA) is 75.9 Å². The predicted octanol–water partition coefficient (Wildman–Crippen LogP) is 4.44. The van der Waals surface area contributed by atoms with Crippen LogP contribution in [0.2, 0.25) is 0 Å². The highest BCUT2D eigenvalue weighted by Gasteiger charge is 2.28. The molecular formula is C18H26BrN3O4. The number of carbonyl (C=O) groups excluding carboxylic acids is 1. The van der Waals surface area contributed by atoms with Gasteiger partial charge < -0.3 is 14.5 Å². The molecule has 2 rings (SSSR count). The molecule has 1 heterocycles. The molecule has 1 aromatic carbocycles. The van der Waals surface area contributed by atoms with E-state index in [9.17, 15) is 14.9 Å². The van der Waals surface area contributed by atoms with Crippen molar-refractivity contribution in [2.75, 3.05) is 31.6 Å². The fourth-order valence-corrected chi connectivity index (χ4v) is 3.49. The Kier molecular flexibility index (Phi) is 6.49. The maximum atomic E-state index is 12.2. The lowest BCUT2D eigenvalue weighted by atomic mass is 9.97.